The fourth-order valence-electron chi connectivity index (χ4n) is 3.61. The van der Waals surface area contributed by atoms with Gasteiger partial charge in [-0.3, -0.25) is 11.3 Å². The zero-order chi connectivity index (χ0) is 15.5. The van der Waals surface area contributed by atoms with E-state index in [1.807, 2.05) is 18.2 Å². The average Bonchev–Trinajstić information content (AvgIpc) is 2.70. The topological polar surface area (TPSA) is 41.3 Å². The van der Waals surface area contributed by atoms with Gasteiger partial charge in [-0.2, -0.15) is 0 Å². The van der Waals surface area contributed by atoms with Gasteiger partial charge in [-0.25, -0.2) is 0 Å². The van der Waals surface area contributed by atoms with E-state index in [-0.39, 0.29) is 11.6 Å². The van der Waals surface area contributed by atoms with Crippen molar-refractivity contribution < 1.29 is 0 Å². The van der Waals surface area contributed by atoms with Crippen molar-refractivity contribution in [2.45, 2.75) is 50.1 Å². The highest BCUT2D eigenvalue weighted by Gasteiger charge is 2.42. The number of nitrogens with zero attached hydrogens (tertiary/aromatic N) is 1. The van der Waals surface area contributed by atoms with Gasteiger partial charge in [0.2, 0.25) is 0 Å². The molecule has 1 aliphatic rings. The predicted molar refractivity (Wildman–Crippen MR) is 90.6 cm³/mol. The summed E-state index contributed by atoms with van der Waals surface area (Å²) in [7, 11) is 4.27. The highest BCUT2D eigenvalue weighted by atomic mass is 35.5. The third-order valence-electron chi connectivity index (χ3n) is 4.83. The van der Waals surface area contributed by atoms with Crippen LogP contribution < -0.4 is 11.3 Å². The number of rotatable bonds is 4. The van der Waals surface area contributed by atoms with Gasteiger partial charge in [-0.15, -0.1) is 0 Å². The molecule has 3 nitrogen and oxygen atoms in total. The zero-order valence-corrected chi connectivity index (χ0v) is 14.3. The molecule has 1 fully saturated rings. The number of hydrogen-bond donors (Lipinski definition) is 2. The maximum Gasteiger partial charge on any atom is 0.0658 e. The van der Waals surface area contributed by atoms with Gasteiger partial charge < -0.3 is 4.90 Å². The first-order valence-electron chi connectivity index (χ1n) is 7.60. The largest absolute Gasteiger partial charge is 0.302 e. The Bertz CT molecular complexity index is 469. The van der Waals surface area contributed by atoms with Crippen LogP contribution in [0.25, 0.3) is 0 Å². The molecule has 118 valence electrons. The smallest absolute Gasteiger partial charge is 0.0658 e. The molecule has 1 unspecified atom stereocenters. The fraction of sp³-hybridized carbons (Fsp3) is 0.625. The summed E-state index contributed by atoms with van der Waals surface area (Å²) in [5, 5.41) is 1.41. The van der Waals surface area contributed by atoms with Crippen LogP contribution in [0, 0.1) is 0 Å². The molecular formula is C16H25Cl2N3. The normalized spacial score (nSPS) is 20.3. The predicted octanol–water partition coefficient (Wildman–Crippen LogP) is 4.15. The summed E-state index contributed by atoms with van der Waals surface area (Å²) in [5.41, 5.74) is 3.98. The Morgan fingerprint density at radius 3 is 2.29 bits per heavy atom. The standard InChI is InChI=1S/C16H25Cl2N3/c1-21(2)16(9-5-3-4-6-10-16)15(20-19)13-11-12(17)7-8-14(13)18/h7-8,11,15,20H,3-6,9-10,19H2,1-2H3. The van der Waals surface area contributed by atoms with Gasteiger partial charge in [0.25, 0.3) is 0 Å². The molecule has 1 aromatic carbocycles. The van der Waals surface area contributed by atoms with Crippen molar-refractivity contribution in [3.05, 3.63) is 33.8 Å². The Morgan fingerprint density at radius 2 is 1.76 bits per heavy atom. The van der Waals surface area contributed by atoms with Gasteiger partial charge >= 0.3 is 0 Å². The van der Waals surface area contributed by atoms with Crippen LogP contribution in [0.3, 0.4) is 0 Å². The summed E-state index contributed by atoms with van der Waals surface area (Å²) in [6.45, 7) is 0. The van der Waals surface area contributed by atoms with Crippen LogP contribution in [0.15, 0.2) is 18.2 Å². The van der Waals surface area contributed by atoms with Crippen molar-refractivity contribution in [3.8, 4) is 0 Å². The Kier molecular flexibility index (Phi) is 5.92. The van der Waals surface area contributed by atoms with Gasteiger partial charge in [-0.1, -0.05) is 48.9 Å². The molecule has 1 aliphatic carbocycles. The number of benzene rings is 1. The second-order valence-electron chi connectivity index (χ2n) is 6.18. The second kappa shape index (κ2) is 7.30. The van der Waals surface area contributed by atoms with Crippen LogP contribution in [0.1, 0.15) is 50.1 Å². The van der Waals surface area contributed by atoms with Crippen molar-refractivity contribution >= 4 is 23.2 Å². The molecule has 1 saturated carbocycles. The Hall–Kier alpha value is -0.320. The van der Waals surface area contributed by atoms with E-state index in [9.17, 15) is 0 Å². The molecule has 0 aliphatic heterocycles. The Labute approximate surface area is 137 Å². The van der Waals surface area contributed by atoms with Crippen molar-refractivity contribution in [3.63, 3.8) is 0 Å². The van der Waals surface area contributed by atoms with Crippen LogP contribution in [-0.4, -0.2) is 24.5 Å². The van der Waals surface area contributed by atoms with E-state index >= 15 is 0 Å². The summed E-state index contributed by atoms with van der Waals surface area (Å²) in [4.78, 5) is 2.31. The van der Waals surface area contributed by atoms with Crippen LogP contribution in [0.5, 0.6) is 0 Å². The van der Waals surface area contributed by atoms with Crippen LogP contribution in [0.4, 0.5) is 0 Å². The molecule has 0 spiro atoms. The van der Waals surface area contributed by atoms with Gasteiger partial charge in [0.1, 0.15) is 0 Å². The summed E-state index contributed by atoms with van der Waals surface area (Å²) in [6, 6.07) is 5.57. The molecule has 3 N–H and O–H groups in total. The zero-order valence-electron chi connectivity index (χ0n) is 12.8. The molecule has 21 heavy (non-hydrogen) atoms. The van der Waals surface area contributed by atoms with Crippen LogP contribution in [-0.2, 0) is 0 Å². The lowest BCUT2D eigenvalue weighted by molar-refractivity contribution is 0.0800. The molecule has 0 bridgehead atoms. The Morgan fingerprint density at radius 1 is 1.14 bits per heavy atom. The average molecular weight is 330 g/mol. The summed E-state index contributed by atoms with van der Waals surface area (Å²) in [5.74, 6) is 5.95. The highest BCUT2D eigenvalue weighted by molar-refractivity contribution is 6.33. The number of hydrogen-bond acceptors (Lipinski definition) is 3. The van der Waals surface area contributed by atoms with Crippen molar-refractivity contribution in [1.82, 2.24) is 10.3 Å². The lowest BCUT2D eigenvalue weighted by atomic mass is 9.78. The lowest BCUT2D eigenvalue weighted by Gasteiger charge is -2.46. The number of halogens is 2. The molecule has 5 heteroatoms. The van der Waals surface area contributed by atoms with Crippen molar-refractivity contribution in [2.75, 3.05) is 14.1 Å². The van der Waals surface area contributed by atoms with Gasteiger partial charge in [0.05, 0.1) is 6.04 Å². The highest BCUT2D eigenvalue weighted by Crippen LogP contribution is 2.43. The fourth-order valence-corrected chi connectivity index (χ4v) is 4.01. The lowest BCUT2D eigenvalue weighted by Crippen LogP contribution is -2.55. The van der Waals surface area contributed by atoms with E-state index in [0.717, 1.165) is 18.4 Å². The molecular weight excluding hydrogens is 305 g/mol. The second-order valence-corrected chi connectivity index (χ2v) is 7.02. The maximum absolute atomic E-state index is 6.42. The van der Waals surface area contributed by atoms with E-state index in [2.05, 4.69) is 24.4 Å². The van der Waals surface area contributed by atoms with E-state index in [0.29, 0.717) is 10.0 Å². The number of nitrogens with two attached hydrogens (primary N) is 1. The molecule has 0 heterocycles. The van der Waals surface area contributed by atoms with Gasteiger partial charge in [0, 0.05) is 15.6 Å². The van der Waals surface area contributed by atoms with E-state index in [4.69, 9.17) is 29.0 Å². The van der Waals surface area contributed by atoms with Crippen molar-refractivity contribution in [2.24, 2.45) is 5.84 Å². The minimum Gasteiger partial charge on any atom is -0.302 e. The molecule has 0 saturated heterocycles. The molecule has 0 aromatic heterocycles. The van der Waals surface area contributed by atoms with E-state index < -0.39 is 0 Å². The maximum atomic E-state index is 6.42. The third-order valence-corrected chi connectivity index (χ3v) is 5.41. The first kappa shape index (κ1) is 17.0. The molecule has 2 rings (SSSR count). The summed E-state index contributed by atoms with van der Waals surface area (Å²) >= 11 is 12.6. The molecule has 0 radical (unpaired) electrons. The molecule has 1 atom stereocenters. The van der Waals surface area contributed by atoms with E-state index in [1.165, 1.54) is 25.7 Å². The number of nitrogens with one attached hydrogen (secondary N) is 1. The van der Waals surface area contributed by atoms with E-state index in [1.54, 1.807) is 0 Å². The monoisotopic (exact) mass is 329 g/mol. The quantitative estimate of drug-likeness (QED) is 0.495. The van der Waals surface area contributed by atoms with Gasteiger partial charge in [0.15, 0.2) is 0 Å². The Balaban J connectivity index is 2.46. The number of likely N-dealkylation sites (N-methyl/N-ethyl adjacent to an activating group) is 1. The summed E-state index contributed by atoms with van der Waals surface area (Å²) in [6.07, 6.45) is 7.23. The summed E-state index contributed by atoms with van der Waals surface area (Å²) < 4.78 is 0. The third kappa shape index (κ3) is 3.54. The van der Waals surface area contributed by atoms with Crippen LogP contribution in [0.2, 0.25) is 10.0 Å². The minimum absolute atomic E-state index is 0.0282. The molecule has 0 amide bonds. The first-order chi connectivity index (χ1) is 10.0. The van der Waals surface area contributed by atoms with Crippen LogP contribution >= 0.6 is 23.2 Å². The molecule has 1 aromatic rings. The number of hydrazine groups is 1. The SMILES string of the molecule is CN(C)C1(C(NN)c2cc(Cl)ccc2Cl)CCCCCC1. The van der Waals surface area contributed by atoms with Crippen molar-refractivity contribution in [1.29, 1.82) is 0 Å². The minimum atomic E-state index is -0.0307. The van der Waals surface area contributed by atoms with Gasteiger partial charge in [-0.05, 0) is 50.7 Å². The first-order valence-corrected chi connectivity index (χ1v) is 8.35.